The number of esters is 1. The summed E-state index contributed by atoms with van der Waals surface area (Å²) in [6.07, 6.45) is 1.53. The number of nitrogens with one attached hydrogen (secondary N) is 1. The molecule has 0 aliphatic rings. The molecule has 0 saturated heterocycles. The lowest BCUT2D eigenvalue weighted by molar-refractivity contribution is -0.153. The van der Waals surface area contributed by atoms with Crippen LogP contribution < -0.4 is 0 Å². The number of Topliss-reactive ketones (excluding diaryl/α,β-unsaturated/α-hetero) is 1. The first kappa shape index (κ1) is 15.9. The fraction of sp³-hybridized carbons (Fsp3) is 0.353. The van der Waals surface area contributed by atoms with Crippen molar-refractivity contribution in [1.82, 2.24) is 9.97 Å². The minimum atomic E-state index is -0.592. The lowest BCUT2D eigenvalue weighted by Crippen LogP contribution is -2.25. The van der Waals surface area contributed by atoms with Crippen molar-refractivity contribution in [3.63, 3.8) is 0 Å². The summed E-state index contributed by atoms with van der Waals surface area (Å²) in [6.45, 7) is 7.21. The SMILES string of the molecule is Cc1c[nH]c(-c2cccc(C(=O)CC(=O)OC(C)(C)C)c2)n1. The molecule has 1 aromatic heterocycles. The van der Waals surface area contributed by atoms with Crippen molar-refractivity contribution in [1.29, 1.82) is 0 Å². The van der Waals surface area contributed by atoms with E-state index in [0.717, 1.165) is 11.3 Å². The normalized spacial score (nSPS) is 11.3. The summed E-state index contributed by atoms with van der Waals surface area (Å²) in [6, 6.07) is 7.05. The van der Waals surface area contributed by atoms with Gasteiger partial charge in [0.15, 0.2) is 5.78 Å². The number of aromatic nitrogens is 2. The standard InChI is InChI=1S/C17H20N2O3/c1-11-10-18-16(19-11)13-7-5-6-12(8-13)14(20)9-15(21)22-17(2,3)4/h5-8,10H,9H2,1-4H3,(H,18,19). The second-order valence-corrected chi connectivity index (χ2v) is 6.16. The van der Waals surface area contributed by atoms with Gasteiger partial charge in [-0.2, -0.15) is 0 Å². The highest BCUT2D eigenvalue weighted by Crippen LogP contribution is 2.18. The number of H-pyrrole nitrogens is 1. The second-order valence-electron chi connectivity index (χ2n) is 6.16. The van der Waals surface area contributed by atoms with Crippen molar-refractivity contribution < 1.29 is 14.3 Å². The lowest BCUT2D eigenvalue weighted by atomic mass is 10.0. The molecule has 0 amide bonds. The van der Waals surface area contributed by atoms with Gasteiger partial charge in [-0.15, -0.1) is 0 Å². The van der Waals surface area contributed by atoms with Gasteiger partial charge < -0.3 is 9.72 Å². The molecule has 0 atom stereocenters. The summed E-state index contributed by atoms with van der Waals surface area (Å²) >= 11 is 0. The Morgan fingerprint density at radius 1 is 1.27 bits per heavy atom. The Kier molecular flexibility index (Phi) is 4.45. The molecule has 0 unspecified atom stereocenters. The van der Waals surface area contributed by atoms with Crippen molar-refractivity contribution in [3.05, 3.63) is 41.7 Å². The minimum absolute atomic E-state index is 0.264. The largest absolute Gasteiger partial charge is 0.460 e. The molecular formula is C17H20N2O3. The molecule has 0 radical (unpaired) electrons. The number of nitrogens with zero attached hydrogens (tertiary/aromatic N) is 1. The van der Waals surface area contributed by atoms with E-state index in [9.17, 15) is 9.59 Å². The van der Waals surface area contributed by atoms with Crippen LogP contribution in [0.25, 0.3) is 11.4 Å². The van der Waals surface area contributed by atoms with Gasteiger partial charge in [0.25, 0.3) is 0 Å². The van der Waals surface area contributed by atoms with Gasteiger partial charge >= 0.3 is 5.97 Å². The summed E-state index contributed by atoms with van der Waals surface area (Å²) in [4.78, 5) is 31.3. The predicted octanol–water partition coefficient (Wildman–Crippen LogP) is 3.30. The number of carbonyl (C=O) groups is 2. The fourth-order valence-corrected chi connectivity index (χ4v) is 2.01. The molecule has 1 heterocycles. The van der Waals surface area contributed by atoms with Crippen LogP contribution in [-0.4, -0.2) is 27.3 Å². The molecule has 22 heavy (non-hydrogen) atoms. The van der Waals surface area contributed by atoms with E-state index in [-0.39, 0.29) is 12.2 Å². The number of aryl methyl sites for hydroxylation is 1. The van der Waals surface area contributed by atoms with Crippen LogP contribution in [0.3, 0.4) is 0 Å². The van der Waals surface area contributed by atoms with E-state index in [1.54, 1.807) is 45.2 Å². The Bertz CT molecular complexity index is 696. The van der Waals surface area contributed by atoms with Crippen molar-refractivity contribution in [2.45, 2.75) is 39.7 Å². The van der Waals surface area contributed by atoms with Crippen molar-refractivity contribution in [2.24, 2.45) is 0 Å². The number of hydrogen-bond donors (Lipinski definition) is 1. The number of aromatic amines is 1. The second kappa shape index (κ2) is 6.13. The van der Waals surface area contributed by atoms with E-state index in [1.165, 1.54) is 0 Å². The zero-order valence-electron chi connectivity index (χ0n) is 13.3. The third-order valence-corrected chi connectivity index (χ3v) is 2.89. The molecule has 0 aliphatic carbocycles. The maximum atomic E-state index is 12.2. The Balaban J connectivity index is 2.12. The van der Waals surface area contributed by atoms with Crippen molar-refractivity contribution >= 4 is 11.8 Å². The highest BCUT2D eigenvalue weighted by Gasteiger charge is 2.20. The minimum Gasteiger partial charge on any atom is -0.460 e. The molecule has 0 aliphatic heterocycles. The molecular weight excluding hydrogens is 280 g/mol. The van der Waals surface area contributed by atoms with Crippen LogP contribution in [0.15, 0.2) is 30.5 Å². The molecule has 5 nitrogen and oxygen atoms in total. The van der Waals surface area contributed by atoms with Gasteiger partial charge in [-0.1, -0.05) is 18.2 Å². The highest BCUT2D eigenvalue weighted by molar-refractivity contribution is 6.06. The molecule has 116 valence electrons. The van der Waals surface area contributed by atoms with Crippen molar-refractivity contribution in [3.8, 4) is 11.4 Å². The predicted molar refractivity (Wildman–Crippen MR) is 83.6 cm³/mol. The number of benzene rings is 1. The van der Waals surface area contributed by atoms with Crippen LogP contribution in [0.5, 0.6) is 0 Å². The Labute approximate surface area is 129 Å². The van der Waals surface area contributed by atoms with Crippen molar-refractivity contribution in [2.75, 3.05) is 0 Å². The molecule has 2 rings (SSSR count). The first-order valence-corrected chi connectivity index (χ1v) is 7.12. The summed E-state index contributed by atoms with van der Waals surface area (Å²) in [5.74, 6) is -0.0828. The fourth-order valence-electron chi connectivity index (χ4n) is 2.01. The molecule has 1 N–H and O–H groups in total. The average Bonchev–Trinajstić information content (AvgIpc) is 2.83. The molecule has 0 bridgehead atoms. The van der Waals surface area contributed by atoms with Gasteiger partial charge in [0.05, 0.1) is 5.69 Å². The van der Waals surface area contributed by atoms with Crippen LogP contribution in [0.4, 0.5) is 0 Å². The number of ketones is 1. The highest BCUT2D eigenvalue weighted by atomic mass is 16.6. The maximum Gasteiger partial charge on any atom is 0.314 e. The monoisotopic (exact) mass is 300 g/mol. The number of rotatable bonds is 4. The summed E-state index contributed by atoms with van der Waals surface area (Å²) < 4.78 is 5.17. The van der Waals surface area contributed by atoms with Gasteiger partial charge in [0, 0.05) is 17.3 Å². The summed E-state index contributed by atoms with van der Waals surface area (Å²) in [5.41, 5.74) is 1.56. The van der Waals surface area contributed by atoms with Gasteiger partial charge in [-0.05, 0) is 33.8 Å². The quantitative estimate of drug-likeness (QED) is 0.534. The maximum absolute atomic E-state index is 12.2. The van der Waals surface area contributed by atoms with Gasteiger partial charge in [-0.25, -0.2) is 4.98 Å². The third kappa shape index (κ3) is 4.28. The van der Waals surface area contributed by atoms with Gasteiger partial charge in [0.1, 0.15) is 17.8 Å². The lowest BCUT2D eigenvalue weighted by Gasteiger charge is -2.19. The molecule has 0 spiro atoms. The van der Waals surface area contributed by atoms with Gasteiger partial charge in [0.2, 0.25) is 0 Å². The molecule has 0 fully saturated rings. The Morgan fingerprint density at radius 2 is 2.00 bits per heavy atom. The molecule has 5 heteroatoms. The van der Waals surface area contributed by atoms with E-state index in [4.69, 9.17) is 4.74 Å². The number of hydrogen-bond acceptors (Lipinski definition) is 4. The Hall–Kier alpha value is -2.43. The molecule has 0 saturated carbocycles. The first-order chi connectivity index (χ1) is 10.2. The molecule has 2 aromatic rings. The van der Waals surface area contributed by atoms with Crippen LogP contribution in [0.2, 0.25) is 0 Å². The summed E-state index contributed by atoms with van der Waals surface area (Å²) in [7, 11) is 0. The number of carbonyl (C=O) groups excluding carboxylic acids is 2. The number of ether oxygens (including phenoxy) is 1. The van der Waals surface area contributed by atoms with E-state index < -0.39 is 11.6 Å². The van der Waals surface area contributed by atoms with Crippen LogP contribution in [-0.2, 0) is 9.53 Å². The van der Waals surface area contributed by atoms with E-state index in [2.05, 4.69) is 9.97 Å². The van der Waals surface area contributed by atoms with Crippen LogP contribution in [0.1, 0.15) is 43.2 Å². The topological polar surface area (TPSA) is 72.0 Å². The third-order valence-electron chi connectivity index (χ3n) is 2.89. The zero-order chi connectivity index (χ0) is 16.3. The van der Waals surface area contributed by atoms with Crippen LogP contribution in [0, 0.1) is 6.92 Å². The number of imidazole rings is 1. The van der Waals surface area contributed by atoms with E-state index >= 15 is 0 Å². The molecule has 1 aromatic carbocycles. The van der Waals surface area contributed by atoms with E-state index in [1.807, 2.05) is 13.0 Å². The van der Waals surface area contributed by atoms with E-state index in [0.29, 0.717) is 11.4 Å². The zero-order valence-corrected chi connectivity index (χ0v) is 13.3. The average molecular weight is 300 g/mol. The first-order valence-electron chi connectivity index (χ1n) is 7.12. The Morgan fingerprint density at radius 3 is 2.59 bits per heavy atom. The van der Waals surface area contributed by atoms with Crippen LogP contribution >= 0.6 is 0 Å². The summed E-state index contributed by atoms with van der Waals surface area (Å²) in [5, 5.41) is 0. The van der Waals surface area contributed by atoms with Gasteiger partial charge in [-0.3, -0.25) is 9.59 Å². The smallest absolute Gasteiger partial charge is 0.314 e.